The van der Waals surface area contributed by atoms with Crippen LogP contribution in [0.3, 0.4) is 0 Å². The fourth-order valence-corrected chi connectivity index (χ4v) is 3.40. The molecule has 0 aromatic heterocycles. The number of rotatable bonds is 6. The number of hydrogen-bond acceptors (Lipinski definition) is 5. The summed E-state index contributed by atoms with van der Waals surface area (Å²) in [5.74, 6) is -0.633. The van der Waals surface area contributed by atoms with Gasteiger partial charge in [-0.2, -0.15) is 0 Å². The summed E-state index contributed by atoms with van der Waals surface area (Å²) >= 11 is 0. The van der Waals surface area contributed by atoms with Crippen LogP contribution < -0.4 is 5.32 Å². The van der Waals surface area contributed by atoms with Gasteiger partial charge in [0.15, 0.2) is 9.84 Å². The molecule has 0 bridgehead atoms. The maximum atomic E-state index is 13.8. The summed E-state index contributed by atoms with van der Waals surface area (Å²) < 4.78 is 37.2. The van der Waals surface area contributed by atoms with Crippen molar-refractivity contribution in [2.24, 2.45) is 0 Å². The lowest BCUT2D eigenvalue weighted by Gasteiger charge is -2.10. The molecule has 0 atom stereocenters. The van der Waals surface area contributed by atoms with E-state index in [0.717, 1.165) is 6.26 Å². The van der Waals surface area contributed by atoms with Crippen molar-refractivity contribution in [3.8, 4) is 0 Å². The number of anilines is 1. The largest absolute Gasteiger partial charge is 0.385 e. The summed E-state index contributed by atoms with van der Waals surface area (Å²) in [5.41, 5.74) is 0.941. The smallest absolute Gasteiger partial charge is 0.275 e. The zero-order valence-corrected chi connectivity index (χ0v) is 14.1. The van der Waals surface area contributed by atoms with Crippen molar-refractivity contribution in [3.63, 3.8) is 0 Å². The topological polar surface area (TPSA) is 89.3 Å². The van der Waals surface area contributed by atoms with Crippen molar-refractivity contribution in [2.45, 2.75) is 18.2 Å². The number of nitro groups is 1. The average Bonchev–Trinajstić information content (AvgIpc) is 2.49. The maximum absolute atomic E-state index is 13.8. The summed E-state index contributed by atoms with van der Waals surface area (Å²) in [6.45, 7) is 1.93. The Morgan fingerprint density at radius 3 is 2.58 bits per heavy atom. The number of halogens is 1. The lowest BCUT2D eigenvalue weighted by atomic mass is 10.1. The molecule has 0 fully saturated rings. The molecule has 0 aliphatic rings. The predicted molar refractivity (Wildman–Crippen MR) is 89.5 cm³/mol. The first kappa shape index (κ1) is 17.9. The minimum Gasteiger partial charge on any atom is -0.385 e. The summed E-state index contributed by atoms with van der Waals surface area (Å²) in [5, 5.41) is 13.9. The second-order valence-electron chi connectivity index (χ2n) is 5.42. The average molecular weight is 352 g/mol. The molecule has 0 aliphatic carbocycles. The van der Waals surface area contributed by atoms with E-state index in [4.69, 9.17) is 0 Å². The fraction of sp³-hybridized carbons (Fsp3) is 0.250. The van der Waals surface area contributed by atoms with Gasteiger partial charge in [0.05, 0.1) is 15.4 Å². The van der Waals surface area contributed by atoms with E-state index in [0.29, 0.717) is 11.3 Å². The Bertz CT molecular complexity index is 882. The fourth-order valence-electron chi connectivity index (χ4n) is 2.41. The van der Waals surface area contributed by atoms with Crippen molar-refractivity contribution in [3.05, 3.63) is 63.5 Å². The summed E-state index contributed by atoms with van der Waals surface area (Å²) in [6, 6.07) is 8.61. The second-order valence-corrected chi connectivity index (χ2v) is 7.41. The van der Waals surface area contributed by atoms with E-state index in [1.807, 2.05) is 0 Å². The molecule has 0 radical (unpaired) electrons. The Balaban J connectivity index is 2.15. The number of benzene rings is 2. The molecule has 128 valence electrons. The van der Waals surface area contributed by atoms with Gasteiger partial charge in [-0.05, 0) is 37.1 Å². The third-order valence-electron chi connectivity index (χ3n) is 3.58. The third kappa shape index (κ3) is 4.08. The lowest BCUT2D eigenvalue weighted by molar-refractivity contribution is -0.385. The van der Waals surface area contributed by atoms with Gasteiger partial charge in [0, 0.05) is 24.6 Å². The molecule has 0 saturated carbocycles. The van der Waals surface area contributed by atoms with Crippen molar-refractivity contribution in [1.29, 1.82) is 0 Å². The van der Waals surface area contributed by atoms with Gasteiger partial charge in [0.2, 0.25) is 0 Å². The Kier molecular flexibility index (Phi) is 5.18. The van der Waals surface area contributed by atoms with Crippen LogP contribution in [-0.4, -0.2) is 26.1 Å². The highest BCUT2D eigenvalue weighted by Crippen LogP contribution is 2.23. The molecular formula is C16H17FN2O4S. The number of aryl methyl sites for hydroxylation is 1. The summed E-state index contributed by atoms with van der Waals surface area (Å²) in [4.78, 5) is 10.5. The van der Waals surface area contributed by atoms with Crippen molar-refractivity contribution < 1.29 is 17.7 Å². The zero-order valence-electron chi connectivity index (χ0n) is 13.2. The van der Waals surface area contributed by atoms with Gasteiger partial charge < -0.3 is 5.32 Å². The highest BCUT2D eigenvalue weighted by Gasteiger charge is 2.17. The Morgan fingerprint density at radius 2 is 1.96 bits per heavy atom. The third-order valence-corrected chi connectivity index (χ3v) is 4.82. The van der Waals surface area contributed by atoms with Gasteiger partial charge in [-0.1, -0.05) is 12.1 Å². The molecule has 0 saturated heterocycles. The first-order chi connectivity index (χ1) is 11.2. The van der Waals surface area contributed by atoms with E-state index >= 15 is 0 Å². The standard InChI is InChI=1S/C16H17FN2O4S/c1-11-6-7-12(10-16(11)24(2,22)23)18-9-8-13-14(17)4-3-5-15(13)19(20)21/h3-7,10,18H,8-9H2,1-2H3. The molecule has 0 spiro atoms. The van der Waals surface area contributed by atoms with Gasteiger partial charge in [-0.15, -0.1) is 0 Å². The molecule has 6 nitrogen and oxygen atoms in total. The molecule has 0 amide bonds. The first-order valence-electron chi connectivity index (χ1n) is 7.16. The van der Waals surface area contributed by atoms with Crippen LogP contribution in [0.5, 0.6) is 0 Å². The number of nitrogens with zero attached hydrogens (tertiary/aromatic N) is 1. The molecule has 2 rings (SSSR count). The van der Waals surface area contributed by atoms with Gasteiger partial charge in [-0.3, -0.25) is 10.1 Å². The highest BCUT2D eigenvalue weighted by molar-refractivity contribution is 7.90. The molecule has 0 unspecified atom stereocenters. The number of nitro benzene ring substituents is 1. The molecule has 0 aliphatic heterocycles. The SMILES string of the molecule is Cc1ccc(NCCc2c(F)cccc2[N+](=O)[O-])cc1S(C)(=O)=O. The molecule has 8 heteroatoms. The van der Waals surface area contributed by atoms with Crippen LogP contribution in [0, 0.1) is 22.9 Å². The van der Waals surface area contributed by atoms with Gasteiger partial charge in [-0.25, -0.2) is 12.8 Å². The van der Waals surface area contributed by atoms with Gasteiger partial charge in [0.25, 0.3) is 5.69 Å². The molecule has 0 heterocycles. The van der Waals surface area contributed by atoms with Crippen LogP contribution in [0.1, 0.15) is 11.1 Å². The van der Waals surface area contributed by atoms with E-state index in [2.05, 4.69) is 5.32 Å². The van der Waals surface area contributed by atoms with E-state index in [-0.39, 0.29) is 29.1 Å². The van der Waals surface area contributed by atoms with Gasteiger partial charge in [0.1, 0.15) is 5.82 Å². The van der Waals surface area contributed by atoms with Crippen LogP contribution in [0.2, 0.25) is 0 Å². The normalized spacial score (nSPS) is 11.3. The van der Waals surface area contributed by atoms with Crippen LogP contribution in [-0.2, 0) is 16.3 Å². The van der Waals surface area contributed by atoms with Crippen molar-refractivity contribution in [1.82, 2.24) is 0 Å². The first-order valence-corrected chi connectivity index (χ1v) is 9.05. The molecule has 24 heavy (non-hydrogen) atoms. The Morgan fingerprint density at radius 1 is 1.25 bits per heavy atom. The quantitative estimate of drug-likeness (QED) is 0.637. The maximum Gasteiger partial charge on any atom is 0.275 e. The van der Waals surface area contributed by atoms with Crippen molar-refractivity contribution >= 4 is 21.2 Å². The van der Waals surface area contributed by atoms with E-state index in [1.165, 1.54) is 24.3 Å². The summed E-state index contributed by atoms with van der Waals surface area (Å²) in [7, 11) is -3.35. The molecule has 2 aromatic rings. The molecular weight excluding hydrogens is 335 g/mol. The molecule has 1 N–H and O–H groups in total. The van der Waals surface area contributed by atoms with E-state index in [1.54, 1.807) is 19.1 Å². The minimum atomic E-state index is -3.35. The number of nitrogens with one attached hydrogen (secondary N) is 1. The van der Waals surface area contributed by atoms with Gasteiger partial charge >= 0.3 is 0 Å². The van der Waals surface area contributed by atoms with E-state index in [9.17, 15) is 22.9 Å². The Hall–Kier alpha value is -2.48. The van der Waals surface area contributed by atoms with Crippen LogP contribution >= 0.6 is 0 Å². The number of sulfone groups is 1. The van der Waals surface area contributed by atoms with Crippen molar-refractivity contribution in [2.75, 3.05) is 18.1 Å². The van der Waals surface area contributed by atoms with Crippen LogP contribution in [0.15, 0.2) is 41.3 Å². The summed E-state index contributed by atoms with van der Waals surface area (Å²) in [6.07, 6.45) is 1.23. The number of hydrogen-bond donors (Lipinski definition) is 1. The van der Waals surface area contributed by atoms with Crippen LogP contribution in [0.4, 0.5) is 15.8 Å². The molecule has 2 aromatic carbocycles. The highest BCUT2D eigenvalue weighted by atomic mass is 32.2. The lowest BCUT2D eigenvalue weighted by Crippen LogP contribution is -2.09. The monoisotopic (exact) mass is 352 g/mol. The minimum absolute atomic E-state index is 0.0189. The second kappa shape index (κ2) is 6.96. The predicted octanol–water partition coefficient (Wildman–Crippen LogP) is 3.10. The van der Waals surface area contributed by atoms with Crippen LogP contribution in [0.25, 0.3) is 0 Å². The van der Waals surface area contributed by atoms with E-state index < -0.39 is 20.6 Å². The zero-order chi connectivity index (χ0) is 17.9. The Labute approximate surface area is 139 Å².